The molecule has 1 aliphatic carbocycles. The molecule has 0 aliphatic heterocycles. The number of hydrogen-bond acceptors (Lipinski definition) is 4. The maximum Gasteiger partial charge on any atom is 0.232 e. The molecule has 0 radical (unpaired) electrons. The van der Waals surface area contributed by atoms with E-state index in [-0.39, 0.29) is 5.84 Å². The molecule has 0 amide bonds. The highest BCUT2D eigenvalue weighted by Crippen LogP contribution is 2.32. The highest BCUT2D eigenvalue weighted by molar-refractivity contribution is 5.92. The molecule has 1 fully saturated rings. The van der Waals surface area contributed by atoms with Gasteiger partial charge in [0.15, 0.2) is 0 Å². The standard InChI is InChI=1S/C10H14N4O/c11-10(12)8-5-14-9(6-13-8)15-4-3-7-1-2-7/h5-7H,1-4H2,(H3,11,12). The van der Waals surface area contributed by atoms with E-state index in [0.29, 0.717) is 18.2 Å². The summed E-state index contributed by atoms with van der Waals surface area (Å²) in [4.78, 5) is 7.97. The lowest BCUT2D eigenvalue weighted by Crippen LogP contribution is -2.13. The number of nitrogen functional groups attached to an aromatic ring is 1. The minimum atomic E-state index is -0.0768. The van der Waals surface area contributed by atoms with Crippen molar-refractivity contribution in [3.63, 3.8) is 0 Å². The van der Waals surface area contributed by atoms with Crippen molar-refractivity contribution < 1.29 is 4.74 Å². The predicted molar refractivity (Wildman–Crippen MR) is 55.9 cm³/mol. The van der Waals surface area contributed by atoms with Crippen molar-refractivity contribution in [2.24, 2.45) is 11.7 Å². The normalized spacial score (nSPS) is 14.9. The van der Waals surface area contributed by atoms with Crippen LogP contribution in [0, 0.1) is 11.3 Å². The fraction of sp³-hybridized carbons (Fsp3) is 0.500. The highest BCUT2D eigenvalue weighted by Gasteiger charge is 2.20. The molecule has 3 N–H and O–H groups in total. The van der Waals surface area contributed by atoms with Crippen LogP contribution in [0.2, 0.25) is 0 Å². The van der Waals surface area contributed by atoms with Gasteiger partial charge in [0.1, 0.15) is 11.5 Å². The second kappa shape index (κ2) is 4.25. The van der Waals surface area contributed by atoms with Crippen LogP contribution in [-0.4, -0.2) is 22.4 Å². The smallest absolute Gasteiger partial charge is 0.232 e. The summed E-state index contributed by atoms with van der Waals surface area (Å²) in [6.07, 6.45) is 6.71. The molecule has 1 heterocycles. The number of nitrogens with two attached hydrogens (primary N) is 1. The van der Waals surface area contributed by atoms with Gasteiger partial charge in [0, 0.05) is 0 Å². The van der Waals surface area contributed by atoms with Gasteiger partial charge in [0.25, 0.3) is 0 Å². The third-order valence-electron chi connectivity index (χ3n) is 2.38. The first kappa shape index (κ1) is 9.89. The van der Waals surface area contributed by atoms with E-state index in [4.69, 9.17) is 15.9 Å². The van der Waals surface area contributed by atoms with E-state index in [1.54, 1.807) is 0 Å². The van der Waals surface area contributed by atoms with Gasteiger partial charge in [-0.25, -0.2) is 9.97 Å². The van der Waals surface area contributed by atoms with E-state index in [1.165, 1.54) is 25.2 Å². The first-order chi connectivity index (χ1) is 7.25. The zero-order valence-corrected chi connectivity index (χ0v) is 8.44. The summed E-state index contributed by atoms with van der Waals surface area (Å²) in [5.74, 6) is 1.28. The lowest BCUT2D eigenvalue weighted by Gasteiger charge is -2.04. The quantitative estimate of drug-likeness (QED) is 0.554. The first-order valence-corrected chi connectivity index (χ1v) is 5.05. The topological polar surface area (TPSA) is 84.9 Å². The van der Waals surface area contributed by atoms with Gasteiger partial charge in [-0.1, -0.05) is 12.8 Å². The van der Waals surface area contributed by atoms with Crippen LogP contribution in [-0.2, 0) is 0 Å². The van der Waals surface area contributed by atoms with E-state index >= 15 is 0 Å². The third-order valence-corrected chi connectivity index (χ3v) is 2.38. The Morgan fingerprint density at radius 3 is 2.80 bits per heavy atom. The van der Waals surface area contributed by atoms with Gasteiger partial charge in [-0.05, 0) is 12.3 Å². The SMILES string of the molecule is N=C(N)c1cnc(OCCC2CC2)cn1. The fourth-order valence-corrected chi connectivity index (χ4v) is 1.27. The lowest BCUT2D eigenvalue weighted by atomic mass is 10.3. The van der Waals surface area contributed by atoms with Gasteiger partial charge in [-0.2, -0.15) is 0 Å². The van der Waals surface area contributed by atoms with Crippen LogP contribution in [0.4, 0.5) is 0 Å². The molecule has 0 saturated heterocycles. The summed E-state index contributed by atoms with van der Waals surface area (Å²) >= 11 is 0. The molecule has 1 aliphatic rings. The number of nitrogens with one attached hydrogen (secondary N) is 1. The molecule has 5 nitrogen and oxygen atoms in total. The van der Waals surface area contributed by atoms with Crippen molar-refractivity contribution in [1.82, 2.24) is 9.97 Å². The Morgan fingerprint density at radius 1 is 1.47 bits per heavy atom. The summed E-state index contributed by atoms with van der Waals surface area (Å²) in [7, 11) is 0. The van der Waals surface area contributed by atoms with Crippen molar-refractivity contribution in [3.8, 4) is 5.88 Å². The van der Waals surface area contributed by atoms with Crippen LogP contribution in [0.15, 0.2) is 12.4 Å². The van der Waals surface area contributed by atoms with Crippen molar-refractivity contribution in [2.45, 2.75) is 19.3 Å². The van der Waals surface area contributed by atoms with Gasteiger partial charge in [0.05, 0.1) is 19.0 Å². The third kappa shape index (κ3) is 2.90. The van der Waals surface area contributed by atoms with E-state index < -0.39 is 0 Å². The summed E-state index contributed by atoms with van der Waals surface area (Å²) in [6.45, 7) is 0.693. The van der Waals surface area contributed by atoms with Crippen molar-refractivity contribution in [3.05, 3.63) is 18.1 Å². The van der Waals surface area contributed by atoms with Gasteiger partial charge in [-0.15, -0.1) is 0 Å². The Balaban J connectivity index is 1.83. The Kier molecular flexibility index (Phi) is 2.80. The van der Waals surface area contributed by atoms with E-state index in [1.807, 2.05) is 0 Å². The minimum Gasteiger partial charge on any atom is -0.477 e. The molecule has 0 unspecified atom stereocenters. The number of ether oxygens (including phenoxy) is 1. The molecule has 5 heteroatoms. The van der Waals surface area contributed by atoms with E-state index in [2.05, 4.69) is 9.97 Å². The zero-order valence-electron chi connectivity index (χ0n) is 8.44. The molecule has 15 heavy (non-hydrogen) atoms. The van der Waals surface area contributed by atoms with E-state index in [0.717, 1.165) is 12.3 Å². The van der Waals surface area contributed by atoms with Gasteiger partial charge < -0.3 is 10.5 Å². The molecule has 1 saturated carbocycles. The lowest BCUT2D eigenvalue weighted by molar-refractivity contribution is 0.290. The summed E-state index contributed by atoms with van der Waals surface area (Å²) in [5.41, 5.74) is 5.63. The Bertz CT molecular complexity index is 345. The highest BCUT2D eigenvalue weighted by atomic mass is 16.5. The molecule has 0 spiro atoms. The van der Waals surface area contributed by atoms with Crippen LogP contribution in [0.1, 0.15) is 25.0 Å². The molecular formula is C10H14N4O. The monoisotopic (exact) mass is 206 g/mol. The Morgan fingerprint density at radius 2 is 2.27 bits per heavy atom. The van der Waals surface area contributed by atoms with Crippen LogP contribution < -0.4 is 10.5 Å². The minimum absolute atomic E-state index is 0.0768. The van der Waals surface area contributed by atoms with Gasteiger partial charge >= 0.3 is 0 Å². The van der Waals surface area contributed by atoms with Crippen LogP contribution in [0.3, 0.4) is 0 Å². The number of aromatic nitrogens is 2. The molecule has 0 aromatic carbocycles. The number of nitrogens with zero attached hydrogens (tertiary/aromatic N) is 2. The zero-order chi connectivity index (χ0) is 10.7. The maximum absolute atomic E-state index is 7.14. The first-order valence-electron chi connectivity index (χ1n) is 5.05. The number of amidine groups is 1. The van der Waals surface area contributed by atoms with Crippen molar-refractivity contribution >= 4 is 5.84 Å². The molecule has 2 rings (SSSR count). The number of rotatable bonds is 5. The molecular weight excluding hydrogens is 192 g/mol. The predicted octanol–water partition coefficient (Wildman–Crippen LogP) is 0.940. The Hall–Kier alpha value is -1.65. The van der Waals surface area contributed by atoms with Crippen LogP contribution >= 0.6 is 0 Å². The van der Waals surface area contributed by atoms with Gasteiger partial charge in [0.2, 0.25) is 5.88 Å². The average Bonchev–Trinajstić information content (AvgIpc) is 3.02. The summed E-state index contributed by atoms with van der Waals surface area (Å²) in [6, 6.07) is 0. The van der Waals surface area contributed by atoms with E-state index in [9.17, 15) is 0 Å². The van der Waals surface area contributed by atoms with Gasteiger partial charge in [-0.3, -0.25) is 5.41 Å². The summed E-state index contributed by atoms with van der Waals surface area (Å²) < 4.78 is 5.41. The second-order valence-corrected chi connectivity index (χ2v) is 3.73. The van der Waals surface area contributed by atoms with Crippen LogP contribution in [0.5, 0.6) is 5.88 Å². The molecule has 0 atom stereocenters. The van der Waals surface area contributed by atoms with Crippen molar-refractivity contribution in [1.29, 1.82) is 5.41 Å². The maximum atomic E-state index is 7.14. The molecule has 1 aromatic rings. The fourth-order valence-electron chi connectivity index (χ4n) is 1.27. The van der Waals surface area contributed by atoms with Crippen LogP contribution in [0.25, 0.3) is 0 Å². The second-order valence-electron chi connectivity index (χ2n) is 3.73. The van der Waals surface area contributed by atoms with Crippen molar-refractivity contribution in [2.75, 3.05) is 6.61 Å². The Labute approximate surface area is 88.2 Å². The largest absolute Gasteiger partial charge is 0.477 e. The average molecular weight is 206 g/mol. The molecule has 1 aromatic heterocycles. The molecule has 80 valence electrons. The summed E-state index contributed by atoms with van der Waals surface area (Å²) in [5, 5.41) is 7.14. The molecule has 0 bridgehead atoms. The number of hydrogen-bond donors (Lipinski definition) is 2.